The van der Waals surface area contributed by atoms with E-state index in [0.29, 0.717) is 6.79 Å². The standard InChI is InChI=1S/C15H30NO2/c1-6-7-8-9-11-15(2)14(17-13-18-15)10-12-16(3,4)5/h10H,6-9,11-13H2,1-5H3/q+1/b14-10-/t15-/m1/s1. The minimum atomic E-state index is -0.192. The molecule has 0 aliphatic carbocycles. The van der Waals surface area contributed by atoms with Crippen LogP contribution in [-0.4, -0.2) is 44.6 Å². The third-order valence-corrected chi connectivity index (χ3v) is 3.44. The lowest BCUT2D eigenvalue weighted by Crippen LogP contribution is -2.35. The Morgan fingerprint density at radius 1 is 1.22 bits per heavy atom. The molecule has 0 aromatic rings. The molecule has 1 aliphatic heterocycles. The normalized spacial score (nSPS) is 26.6. The summed E-state index contributed by atoms with van der Waals surface area (Å²) in [7, 11) is 6.56. The molecule has 3 heteroatoms. The summed E-state index contributed by atoms with van der Waals surface area (Å²) >= 11 is 0. The van der Waals surface area contributed by atoms with Crippen LogP contribution in [0.4, 0.5) is 0 Å². The van der Waals surface area contributed by atoms with E-state index < -0.39 is 0 Å². The lowest BCUT2D eigenvalue weighted by atomic mass is 9.95. The van der Waals surface area contributed by atoms with Gasteiger partial charge < -0.3 is 14.0 Å². The van der Waals surface area contributed by atoms with Crippen LogP contribution < -0.4 is 0 Å². The summed E-state index contributed by atoms with van der Waals surface area (Å²) < 4.78 is 12.4. The summed E-state index contributed by atoms with van der Waals surface area (Å²) in [6, 6.07) is 0. The maximum absolute atomic E-state index is 5.80. The van der Waals surface area contributed by atoms with Gasteiger partial charge in [0.15, 0.2) is 6.79 Å². The van der Waals surface area contributed by atoms with Gasteiger partial charge >= 0.3 is 0 Å². The number of nitrogens with zero attached hydrogens (tertiary/aromatic N) is 1. The molecule has 0 bridgehead atoms. The Morgan fingerprint density at radius 2 is 1.94 bits per heavy atom. The Kier molecular flexibility index (Phi) is 5.67. The van der Waals surface area contributed by atoms with Crippen LogP contribution >= 0.6 is 0 Å². The van der Waals surface area contributed by atoms with Crippen molar-refractivity contribution in [3.63, 3.8) is 0 Å². The first-order valence-electron chi connectivity index (χ1n) is 7.15. The van der Waals surface area contributed by atoms with Crippen LogP contribution in [0.3, 0.4) is 0 Å². The molecule has 106 valence electrons. The highest BCUT2D eigenvalue weighted by molar-refractivity contribution is 5.11. The van der Waals surface area contributed by atoms with Crippen molar-refractivity contribution in [1.82, 2.24) is 0 Å². The molecule has 0 aromatic carbocycles. The molecular formula is C15H30NO2+. The zero-order chi connectivity index (χ0) is 13.6. The van der Waals surface area contributed by atoms with Crippen LogP contribution in [0.2, 0.25) is 0 Å². The van der Waals surface area contributed by atoms with Gasteiger partial charge in [0, 0.05) is 6.08 Å². The quantitative estimate of drug-likeness (QED) is 0.514. The lowest BCUT2D eigenvalue weighted by Gasteiger charge is -2.25. The maximum Gasteiger partial charge on any atom is 0.189 e. The van der Waals surface area contributed by atoms with Gasteiger partial charge in [0.05, 0.1) is 21.1 Å². The van der Waals surface area contributed by atoms with Gasteiger partial charge in [-0.05, 0) is 13.3 Å². The van der Waals surface area contributed by atoms with E-state index >= 15 is 0 Å². The molecule has 1 rings (SSSR count). The van der Waals surface area contributed by atoms with Crippen molar-refractivity contribution < 1.29 is 14.0 Å². The molecule has 1 aliphatic rings. The van der Waals surface area contributed by atoms with Crippen LogP contribution in [0.15, 0.2) is 11.8 Å². The predicted octanol–water partition coefficient (Wildman–Crippen LogP) is 3.31. The molecular weight excluding hydrogens is 226 g/mol. The first-order chi connectivity index (χ1) is 8.37. The molecule has 0 spiro atoms. The minimum absolute atomic E-state index is 0.192. The van der Waals surface area contributed by atoms with Gasteiger partial charge in [0.1, 0.15) is 17.9 Å². The fourth-order valence-electron chi connectivity index (χ4n) is 2.16. The number of ether oxygens (including phenoxy) is 2. The maximum atomic E-state index is 5.80. The zero-order valence-electron chi connectivity index (χ0n) is 12.8. The van der Waals surface area contributed by atoms with Crippen molar-refractivity contribution in [3.8, 4) is 0 Å². The summed E-state index contributed by atoms with van der Waals surface area (Å²) in [6.07, 6.45) is 8.36. The number of quaternary nitrogens is 1. The molecule has 0 saturated carbocycles. The molecule has 3 nitrogen and oxygen atoms in total. The van der Waals surface area contributed by atoms with Crippen molar-refractivity contribution >= 4 is 0 Å². The van der Waals surface area contributed by atoms with Gasteiger partial charge in [0.2, 0.25) is 0 Å². The van der Waals surface area contributed by atoms with Gasteiger partial charge in [-0.15, -0.1) is 0 Å². The molecule has 1 fully saturated rings. The Bertz CT molecular complexity index is 281. The highest BCUT2D eigenvalue weighted by atomic mass is 16.7. The highest BCUT2D eigenvalue weighted by Crippen LogP contribution is 2.34. The molecule has 0 radical (unpaired) electrons. The van der Waals surface area contributed by atoms with Crippen molar-refractivity contribution in [2.45, 2.75) is 51.6 Å². The zero-order valence-corrected chi connectivity index (χ0v) is 12.8. The third-order valence-electron chi connectivity index (χ3n) is 3.44. The summed E-state index contributed by atoms with van der Waals surface area (Å²) in [6.45, 7) is 5.79. The summed E-state index contributed by atoms with van der Waals surface area (Å²) in [5.74, 6) is 1.03. The van der Waals surface area contributed by atoms with E-state index in [4.69, 9.17) is 9.47 Å². The van der Waals surface area contributed by atoms with E-state index in [1.54, 1.807) is 0 Å². The average molecular weight is 256 g/mol. The van der Waals surface area contributed by atoms with E-state index in [1.165, 1.54) is 25.7 Å². The van der Waals surface area contributed by atoms with E-state index in [2.05, 4.69) is 41.1 Å². The van der Waals surface area contributed by atoms with Crippen molar-refractivity contribution in [2.75, 3.05) is 34.5 Å². The monoisotopic (exact) mass is 256 g/mol. The second-order valence-electron chi connectivity index (χ2n) is 6.49. The van der Waals surface area contributed by atoms with Gasteiger partial charge in [-0.2, -0.15) is 0 Å². The Hall–Kier alpha value is -0.540. The van der Waals surface area contributed by atoms with Crippen LogP contribution in [0.25, 0.3) is 0 Å². The Labute approximate surface area is 112 Å². The molecule has 0 unspecified atom stereocenters. The second kappa shape index (κ2) is 6.58. The lowest BCUT2D eigenvalue weighted by molar-refractivity contribution is -0.864. The smallest absolute Gasteiger partial charge is 0.189 e. The van der Waals surface area contributed by atoms with Gasteiger partial charge in [-0.25, -0.2) is 0 Å². The number of rotatable bonds is 7. The van der Waals surface area contributed by atoms with Crippen molar-refractivity contribution in [2.24, 2.45) is 0 Å². The number of hydrogen-bond donors (Lipinski definition) is 0. The fourth-order valence-corrected chi connectivity index (χ4v) is 2.16. The molecule has 0 amide bonds. The van der Waals surface area contributed by atoms with E-state index in [0.717, 1.165) is 23.2 Å². The average Bonchev–Trinajstić information content (AvgIpc) is 2.63. The fraction of sp³-hybridized carbons (Fsp3) is 0.867. The Balaban J connectivity index is 2.51. The van der Waals surface area contributed by atoms with Crippen LogP contribution in [0.5, 0.6) is 0 Å². The van der Waals surface area contributed by atoms with Crippen LogP contribution in [0, 0.1) is 0 Å². The molecule has 0 N–H and O–H groups in total. The van der Waals surface area contributed by atoms with Crippen molar-refractivity contribution in [3.05, 3.63) is 11.8 Å². The van der Waals surface area contributed by atoms with E-state index in [9.17, 15) is 0 Å². The van der Waals surface area contributed by atoms with Gasteiger partial charge in [-0.3, -0.25) is 0 Å². The summed E-state index contributed by atoms with van der Waals surface area (Å²) in [5.41, 5.74) is -0.192. The molecule has 1 saturated heterocycles. The summed E-state index contributed by atoms with van der Waals surface area (Å²) in [4.78, 5) is 0. The van der Waals surface area contributed by atoms with Crippen molar-refractivity contribution in [1.29, 1.82) is 0 Å². The topological polar surface area (TPSA) is 18.5 Å². The van der Waals surface area contributed by atoms with Gasteiger partial charge in [-0.1, -0.05) is 32.6 Å². The SMILES string of the molecule is CCCCCC[C@@]1(C)OCO/C1=C\C[N+](C)(C)C. The highest BCUT2D eigenvalue weighted by Gasteiger charge is 2.36. The second-order valence-corrected chi connectivity index (χ2v) is 6.49. The third kappa shape index (κ3) is 4.99. The predicted molar refractivity (Wildman–Crippen MR) is 75.2 cm³/mol. The van der Waals surface area contributed by atoms with E-state index in [-0.39, 0.29) is 5.60 Å². The number of hydrogen-bond acceptors (Lipinski definition) is 2. The van der Waals surface area contributed by atoms with Crippen LogP contribution in [0.1, 0.15) is 46.0 Å². The molecule has 18 heavy (non-hydrogen) atoms. The molecule has 1 heterocycles. The van der Waals surface area contributed by atoms with E-state index in [1.807, 2.05) is 0 Å². The first kappa shape index (κ1) is 15.5. The largest absolute Gasteiger partial charge is 0.469 e. The van der Waals surface area contributed by atoms with Gasteiger partial charge in [0.25, 0.3) is 0 Å². The summed E-state index contributed by atoms with van der Waals surface area (Å²) in [5, 5.41) is 0. The number of unbranched alkanes of at least 4 members (excludes halogenated alkanes) is 3. The van der Waals surface area contributed by atoms with Crippen LogP contribution in [-0.2, 0) is 9.47 Å². The molecule has 0 aromatic heterocycles. The molecule has 1 atom stereocenters. The number of likely N-dealkylation sites (N-methyl/N-ethyl adjacent to an activating group) is 1. The first-order valence-corrected chi connectivity index (χ1v) is 7.15. The minimum Gasteiger partial charge on any atom is -0.469 e. The Morgan fingerprint density at radius 3 is 2.56 bits per heavy atom.